The quantitative estimate of drug-likeness (QED) is 0.854. The van der Waals surface area contributed by atoms with Gasteiger partial charge in [-0.05, 0) is 49.0 Å². The summed E-state index contributed by atoms with van der Waals surface area (Å²) in [7, 11) is 1.63. The van der Waals surface area contributed by atoms with E-state index in [1.807, 2.05) is 29.2 Å². The van der Waals surface area contributed by atoms with Crippen molar-refractivity contribution in [2.45, 2.75) is 0 Å². The second-order valence-corrected chi connectivity index (χ2v) is 6.97. The van der Waals surface area contributed by atoms with Gasteiger partial charge in [-0.2, -0.15) is 0 Å². The number of rotatable bonds is 4. The van der Waals surface area contributed by atoms with Gasteiger partial charge in [0.15, 0.2) is 0 Å². The molecule has 3 atom stereocenters. The van der Waals surface area contributed by atoms with Gasteiger partial charge in [-0.25, -0.2) is 0 Å². The average Bonchev–Trinajstić information content (AvgIpc) is 3.03. The van der Waals surface area contributed by atoms with Gasteiger partial charge in [0.2, 0.25) is 0 Å². The van der Waals surface area contributed by atoms with Gasteiger partial charge in [-0.3, -0.25) is 9.69 Å². The van der Waals surface area contributed by atoms with Crippen LogP contribution in [0.4, 0.5) is 0 Å². The van der Waals surface area contributed by atoms with Crippen molar-refractivity contribution in [3.05, 3.63) is 29.8 Å². The lowest BCUT2D eigenvalue weighted by atomic mass is 10.1. The number of piperidine rings is 1. The molecule has 25 heavy (non-hydrogen) atoms. The second kappa shape index (κ2) is 8.58. The number of halogens is 2. The molecule has 2 heterocycles. The lowest BCUT2D eigenvalue weighted by Gasteiger charge is -2.35. The Morgan fingerprint density at radius 2 is 1.84 bits per heavy atom. The summed E-state index contributed by atoms with van der Waals surface area (Å²) >= 11 is 0. The predicted molar refractivity (Wildman–Crippen MR) is 103 cm³/mol. The minimum Gasteiger partial charge on any atom is -0.497 e. The van der Waals surface area contributed by atoms with Crippen LogP contribution in [-0.4, -0.2) is 68.6 Å². The molecule has 4 rings (SSSR count). The number of carbonyl (C=O) groups excluding carboxylic acids is 1. The minimum absolute atomic E-state index is 0. The number of nitrogens with zero attached hydrogens (tertiary/aromatic N) is 2. The van der Waals surface area contributed by atoms with Gasteiger partial charge >= 0.3 is 0 Å². The van der Waals surface area contributed by atoms with Gasteiger partial charge in [-0.15, -0.1) is 24.8 Å². The van der Waals surface area contributed by atoms with Crippen LogP contribution >= 0.6 is 24.8 Å². The van der Waals surface area contributed by atoms with Crippen LogP contribution < -0.4 is 10.1 Å². The van der Waals surface area contributed by atoms with E-state index < -0.39 is 0 Å². The molecule has 1 aliphatic carbocycles. The maximum absolute atomic E-state index is 12.6. The highest BCUT2D eigenvalue weighted by molar-refractivity contribution is 5.94. The molecule has 2 saturated heterocycles. The number of nitrogens with one attached hydrogen (secondary N) is 1. The largest absolute Gasteiger partial charge is 0.497 e. The van der Waals surface area contributed by atoms with E-state index in [1.54, 1.807) is 7.11 Å². The molecule has 5 nitrogen and oxygen atoms in total. The number of benzene rings is 1. The number of fused-ring (bicyclic) bond motifs is 1. The van der Waals surface area contributed by atoms with Crippen molar-refractivity contribution in [2.24, 2.45) is 17.8 Å². The predicted octanol–water partition coefficient (Wildman–Crippen LogP) is 1.76. The van der Waals surface area contributed by atoms with Gasteiger partial charge in [0.25, 0.3) is 5.91 Å². The monoisotopic (exact) mass is 387 g/mol. The molecule has 0 radical (unpaired) electrons. The Morgan fingerprint density at radius 3 is 2.48 bits per heavy atom. The Kier molecular flexibility index (Phi) is 6.97. The van der Waals surface area contributed by atoms with Gasteiger partial charge in [0.05, 0.1) is 7.11 Å². The van der Waals surface area contributed by atoms with Crippen LogP contribution in [0.15, 0.2) is 24.3 Å². The maximum Gasteiger partial charge on any atom is 0.254 e. The molecule has 0 aromatic heterocycles. The SMILES string of the molecule is COc1cccc(C(=O)N2CCN(CC3[C@H]4CNC[C@@H]34)CC2)c1.Cl.Cl. The zero-order chi connectivity index (χ0) is 15.8. The first-order chi connectivity index (χ1) is 11.3. The number of hydrogen-bond donors (Lipinski definition) is 1. The molecule has 7 heteroatoms. The van der Waals surface area contributed by atoms with Crippen LogP contribution in [0.1, 0.15) is 10.4 Å². The molecule has 0 spiro atoms. The van der Waals surface area contributed by atoms with E-state index in [4.69, 9.17) is 4.74 Å². The summed E-state index contributed by atoms with van der Waals surface area (Å²) in [6, 6.07) is 7.45. The van der Waals surface area contributed by atoms with Crippen molar-refractivity contribution < 1.29 is 9.53 Å². The Hall–Kier alpha value is -1.01. The highest BCUT2D eigenvalue weighted by Gasteiger charge is 2.52. The second-order valence-electron chi connectivity index (χ2n) is 6.97. The molecule has 0 bridgehead atoms. The number of methoxy groups -OCH3 is 1. The van der Waals surface area contributed by atoms with E-state index in [2.05, 4.69) is 10.2 Å². The fourth-order valence-electron chi connectivity index (χ4n) is 4.19. The highest BCUT2D eigenvalue weighted by atomic mass is 35.5. The Balaban J connectivity index is 0.00000113. The first-order valence-corrected chi connectivity index (χ1v) is 8.62. The van der Waals surface area contributed by atoms with E-state index in [0.717, 1.165) is 55.2 Å². The summed E-state index contributed by atoms with van der Waals surface area (Å²) in [5.41, 5.74) is 0.723. The standard InChI is InChI=1S/C18H25N3O2.2ClH/c1-23-14-4-2-3-13(9-14)18(22)21-7-5-20(6-8-21)12-17-15-10-19-11-16(15)17;;/h2-4,9,15-17,19H,5-8,10-12H2,1H3;2*1H/t15-,16+,17?;;. The third-order valence-electron chi connectivity index (χ3n) is 5.71. The molecule has 1 unspecified atom stereocenters. The third kappa shape index (κ3) is 4.22. The Bertz CT molecular complexity index is 583. The number of piperazine rings is 1. The summed E-state index contributed by atoms with van der Waals surface area (Å²) in [5.74, 6) is 3.61. The fraction of sp³-hybridized carbons (Fsp3) is 0.611. The molecule has 2 aliphatic heterocycles. The lowest BCUT2D eigenvalue weighted by molar-refractivity contribution is 0.0627. The molecule has 1 aromatic rings. The highest BCUT2D eigenvalue weighted by Crippen LogP contribution is 2.48. The molecule has 3 aliphatic rings. The molecule has 140 valence electrons. The van der Waals surface area contributed by atoms with E-state index in [9.17, 15) is 4.79 Å². The summed E-state index contributed by atoms with van der Waals surface area (Å²) in [6.07, 6.45) is 0. The van der Waals surface area contributed by atoms with E-state index >= 15 is 0 Å². The summed E-state index contributed by atoms with van der Waals surface area (Å²) < 4.78 is 5.21. The molecule has 1 N–H and O–H groups in total. The number of carbonyl (C=O) groups is 1. The van der Waals surface area contributed by atoms with Crippen LogP contribution in [0.3, 0.4) is 0 Å². The molecule has 1 aromatic carbocycles. The summed E-state index contributed by atoms with van der Waals surface area (Å²) in [4.78, 5) is 17.1. The van der Waals surface area contributed by atoms with Gasteiger partial charge < -0.3 is 15.0 Å². The topological polar surface area (TPSA) is 44.8 Å². The molecule has 1 amide bonds. The minimum atomic E-state index is 0. The summed E-state index contributed by atoms with van der Waals surface area (Å²) in [6.45, 7) is 7.30. The van der Waals surface area contributed by atoms with Crippen LogP contribution in [0.25, 0.3) is 0 Å². The molecular formula is C18H27Cl2N3O2. The van der Waals surface area contributed by atoms with E-state index in [-0.39, 0.29) is 30.7 Å². The van der Waals surface area contributed by atoms with Crippen molar-refractivity contribution in [1.29, 1.82) is 0 Å². The smallest absolute Gasteiger partial charge is 0.254 e. The number of ether oxygens (including phenoxy) is 1. The average molecular weight is 388 g/mol. The Labute approximate surface area is 161 Å². The van der Waals surface area contributed by atoms with Crippen molar-refractivity contribution in [1.82, 2.24) is 15.1 Å². The van der Waals surface area contributed by atoms with Crippen molar-refractivity contribution in [3.63, 3.8) is 0 Å². The van der Waals surface area contributed by atoms with Crippen LogP contribution in [-0.2, 0) is 0 Å². The van der Waals surface area contributed by atoms with Crippen molar-refractivity contribution in [2.75, 3.05) is 52.9 Å². The lowest BCUT2D eigenvalue weighted by Crippen LogP contribution is -2.49. The van der Waals surface area contributed by atoms with Crippen LogP contribution in [0.5, 0.6) is 5.75 Å². The number of hydrogen-bond acceptors (Lipinski definition) is 4. The van der Waals surface area contributed by atoms with Crippen molar-refractivity contribution in [3.8, 4) is 5.75 Å². The van der Waals surface area contributed by atoms with Crippen LogP contribution in [0.2, 0.25) is 0 Å². The molecule has 1 saturated carbocycles. The molecular weight excluding hydrogens is 361 g/mol. The normalized spacial score (nSPS) is 27.7. The summed E-state index contributed by atoms with van der Waals surface area (Å²) in [5, 5.41) is 3.46. The first kappa shape index (κ1) is 20.3. The van der Waals surface area contributed by atoms with E-state index in [1.165, 1.54) is 19.6 Å². The first-order valence-electron chi connectivity index (χ1n) is 8.62. The zero-order valence-corrected chi connectivity index (χ0v) is 16.2. The molecule has 3 fully saturated rings. The Morgan fingerprint density at radius 1 is 1.16 bits per heavy atom. The van der Waals surface area contributed by atoms with Gasteiger partial charge in [-0.1, -0.05) is 6.07 Å². The van der Waals surface area contributed by atoms with Gasteiger partial charge in [0, 0.05) is 38.3 Å². The zero-order valence-electron chi connectivity index (χ0n) is 14.5. The number of amides is 1. The van der Waals surface area contributed by atoms with E-state index in [0.29, 0.717) is 0 Å². The third-order valence-corrected chi connectivity index (χ3v) is 5.71. The van der Waals surface area contributed by atoms with Gasteiger partial charge in [0.1, 0.15) is 5.75 Å². The van der Waals surface area contributed by atoms with Crippen molar-refractivity contribution >= 4 is 30.7 Å². The maximum atomic E-state index is 12.6. The van der Waals surface area contributed by atoms with Crippen LogP contribution in [0, 0.1) is 17.8 Å². The fourth-order valence-corrected chi connectivity index (χ4v) is 4.19.